The van der Waals surface area contributed by atoms with Gasteiger partial charge in [-0.05, 0) is 98.9 Å². The molecule has 3 atom stereocenters. The molecule has 4 aromatic rings. The molecule has 1 fully saturated rings. The smallest absolute Gasteiger partial charge is 0.335 e. The minimum atomic E-state index is -1.92. The van der Waals surface area contributed by atoms with Crippen LogP contribution in [0.5, 0.6) is 5.88 Å². The van der Waals surface area contributed by atoms with Gasteiger partial charge < -0.3 is 15.2 Å². The van der Waals surface area contributed by atoms with Crippen LogP contribution in [0.2, 0.25) is 0 Å². The van der Waals surface area contributed by atoms with E-state index < -0.39 is 10.9 Å². The van der Waals surface area contributed by atoms with Crippen LogP contribution >= 0.6 is 0 Å². The number of nitrogens with one attached hydrogen (secondary N) is 2. The maximum Gasteiger partial charge on any atom is 0.335 e. The van der Waals surface area contributed by atoms with Crippen LogP contribution in [0.4, 0.5) is 16.0 Å². The van der Waals surface area contributed by atoms with E-state index in [4.69, 9.17) is 9.72 Å². The van der Waals surface area contributed by atoms with Crippen LogP contribution in [-0.2, 0) is 0 Å². The van der Waals surface area contributed by atoms with Gasteiger partial charge in [0, 0.05) is 35.5 Å². The van der Waals surface area contributed by atoms with Crippen LogP contribution in [0.3, 0.4) is 0 Å². The lowest BCUT2D eigenvalue weighted by Gasteiger charge is -2.30. The Labute approximate surface area is 350 Å². The molecule has 59 heavy (non-hydrogen) atoms. The van der Waals surface area contributed by atoms with Crippen molar-refractivity contribution in [2.75, 3.05) is 12.0 Å². The lowest BCUT2D eigenvalue weighted by atomic mass is 9.86. The highest BCUT2D eigenvalue weighted by molar-refractivity contribution is 5.88. The number of pyridine rings is 1. The molecule has 0 amide bonds. The summed E-state index contributed by atoms with van der Waals surface area (Å²) in [7, 11) is 0. The first-order chi connectivity index (χ1) is 27.5. The van der Waals surface area contributed by atoms with Crippen molar-refractivity contribution in [3.05, 3.63) is 99.6 Å². The van der Waals surface area contributed by atoms with Crippen molar-refractivity contribution < 1.29 is 29.4 Å². The highest BCUT2D eigenvalue weighted by Crippen LogP contribution is 2.35. The van der Waals surface area contributed by atoms with Gasteiger partial charge >= 0.3 is 5.97 Å². The Morgan fingerprint density at radius 1 is 0.983 bits per heavy atom. The zero-order valence-electron chi connectivity index (χ0n) is 37.0. The number of nitrogens with zero attached hydrogens (tertiary/aromatic N) is 4. The number of halogens is 1. The van der Waals surface area contributed by atoms with Gasteiger partial charge in [0.25, 0.3) is 5.95 Å². The summed E-state index contributed by atoms with van der Waals surface area (Å²) in [6.07, 6.45) is 5.50. The highest BCUT2D eigenvalue weighted by Gasteiger charge is 2.33. The Bertz CT molecular complexity index is 2070. The number of ether oxygens (including phenoxy) is 1. The van der Waals surface area contributed by atoms with Crippen molar-refractivity contribution in [3.8, 4) is 17.1 Å². The number of hydrogen-bond acceptors (Lipinski definition) is 9. The summed E-state index contributed by atoms with van der Waals surface area (Å²) in [5.41, 5.74) is 8.49. The first-order valence-electron chi connectivity index (χ1n) is 20.7. The monoisotopic (exact) mass is 814 g/mol. The van der Waals surface area contributed by atoms with E-state index in [9.17, 15) is 20.3 Å². The van der Waals surface area contributed by atoms with E-state index >= 15 is 4.39 Å². The number of quaternary nitrogens is 1. The van der Waals surface area contributed by atoms with Gasteiger partial charge in [-0.1, -0.05) is 97.7 Å². The Morgan fingerprint density at radius 3 is 2.24 bits per heavy atom. The highest BCUT2D eigenvalue weighted by atomic mass is 19.1. The van der Waals surface area contributed by atoms with Gasteiger partial charge in [0.15, 0.2) is 0 Å². The number of rotatable bonds is 12. The molecule has 5 N–H and O–H groups in total. The summed E-state index contributed by atoms with van der Waals surface area (Å²) >= 11 is 0. The minimum absolute atomic E-state index is 0.0462. The molecule has 1 aliphatic rings. The maximum absolute atomic E-state index is 16.0. The lowest BCUT2D eigenvalue weighted by molar-refractivity contribution is -0.273. The second kappa shape index (κ2) is 20.0. The maximum atomic E-state index is 16.0. The van der Waals surface area contributed by atoms with Crippen molar-refractivity contribution in [1.82, 2.24) is 25.2 Å². The number of carbonyl (C=O) groups is 1. The molecule has 0 saturated carbocycles. The third-order valence-corrected chi connectivity index (χ3v) is 10.5. The molecular formula is C47H66FN6O5+. The fourth-order valence-corrected chi connectivity index (χ4v) is 7.11. The standard InChI is InChI=1S/C43H55FN6O5.C4H10/c1-25(2)19-30-15-12-18-35(40-34(44)22-32(29(6)45-40)20-28(5)43(7,8)9)46-37(30)24-55-38-23-36(39-26(3)13-10-14-27(39)4)47-42(48-38)49-50(53,54)33-17-11-16-31(21-33)41(51)52;1-4(2)3/h10-11,13-14,16-17,20-23,25,30,35,37,46,53-54H,12,15,18-19,24H2,1-9H3,(H-,47,48,49,51,52);4H,1-3H3/p+1/b28-20+;. The molecular weight excluding hydrogens is 748 g/mol. The van der Waals surface area contributed by atoms with Crippen LogP contribution < -0.4 is 20.4 Å². The molecule has 11 nitrogen and oxygen atoms in total. The van der Waals surface area contributed by atoms with Crippen molar-refractivity contribution in [2.45, 2.75) is 121 Å². The topological polar surface area (TPSA) is 150 Å². The van der Waals surface area contributed by atoms with Crippen molar-refractivity contribution in [2.24, 2.45) is 23.2 Å². The Morgan fingerprint density at radius 2 is 1.63 bits per heavy atom. The van der Waals surface area contributed by atoms with E-state index in [0.29, 0.717) is 17.3 Å². The van der Waals surface area contributed by atoms with E-state index in [2.05, 4.69) is 83.0 Å². The van der Waals surface area contributed by atoms with Gasteiger partial charge in [0.05, 0.1) is 27.9 Å². The Hall–Kier alpha value is -4.75. The summed E-state index contributed by atoms with van der Waals surface area (Å²) < 4.78 is 22.4. The molecule has 12 heteroatoms. The zero-order chi connectivity index (χ0) is 43.8. The fraction of sp³-hybridized carbons (Fsp3) is 0.489. The van der Waals surface area contributed by atoms with Crippen LogP contribution in [0.1, 0.15) is 132 Å². The van der Waals surface area contributed by atoms with E-state index in [1.54, 1.807) is 12.1 Å². The summed E-state index contributed by atoms with van der Waals surface area (Å²) in [6.45, 7) is 25.4. The number of carboxylic acids is 1. The molecule has 2 aromatic heterocycles. The molecule has 5 rings (SSSR count). The van der Waals surface area contributed by atoms with Crippen LogP contribution in [-0.4, -0.2) is 49.1 Å². The van der Waals surface area contributed by atoms with Gasteiger partial charge in [-0.25, -0.2) is 14.2 Å². The lowest BCUT2D eigenvalue weighted by Crippen LogP contribution is -2.48. The molecule has 0 aliphatic carbocycles. The number of anilines is 1. The first-order valence-corrected chi connectivity index (χ1v) is 20.7. The summed E-state index contributed by atoms with van der Waals surface area (Å²) in [5.74, 6) is -0.0554. The van der Waals surface area contributed by atoms with Crippen molar-refractivity contribution in [1.29, 1.82) is 0 Å². The fourth-order valence-electron chi connectivity index (χ4n) is 7.11. The minimum Gasteiger partial charge on any atom is -0.478 e. The van der Waals surface area contributed by atoms with Crippen molar-refractivity contribution in [3.63, 3.8) is 0 Å². The predicted molar refractivity (Wildman–Crippen MR) is 234 cm³/mol. The molecule has 1 aliphatic heterocycles. The van der Waals surface area contributed by atoms with E-state index in [-0.39, 0.29) is 58.9 Å². The van der Waals surface area contributed by atoms with Gasteiger partial charge in [-0.3, -0.25) is 4.98 Å². The number of aromatic carboxylic acids is 1. The molecule has 1 saturated heterocycles. The number of carboxylic acid groups (broad SMARTS) is 1. The third-order valence-electron chi connectivity index (χ3n) is 10.5. The number of allylic oxidation sites excluding steroid dienone is 1. The average Bonchev–Trinajstić information content (AvgIpc) is 3.32. The van der Waals surface area contributed by atoms with Gasteiger partial charge in [-0.15, -0.1) is 15.8 Å². The normalized spacial score (nSPS) is 17.6. The second-order valence-electron chi connectivity index (χ2n) is 18.0. The summed E-state index contributed by atoms with van der Waals surface area (Å²) in [6, 6.07) is 13.9. The van der Waals surface area contributed by atoms with Crippen LogP contribution in [0, 0.1) is 49.8 Å². The van der Waals surface area contributed by atoms with Crippen LogP contribution in [0.15, 0.2) is 60.2 Å². The Balaban J connectivity index is 0.00000184. The predicted octanol–water partition coefficient (Wildman–Crippen LogP) is 11.5. The first kappa shape index (κ1) is 46.9. The second-order valence-corrected chi connectivity index (χ2v) is 18.0. The molecule has 0 bridgehead atoms. The summed E-state index contributed by atoms with van der Waals surface area (Å²) in [5, 5.41) is 35.4. The third kappa shape index (κ3) is 13.1. The van der Waals surface area contributed by atoms with E-state index in [0.717, 1.165) is 71.2 Å². The zero-order valence-corrected chi connectivity index (χ0v) is 37.0. The molecule has 320 valence electrons. The van der Waals surface area contributed by atoms with Crippen LogP contribution in [0.25, 0.3) is 17.3 Å². The molecule has 0 spiro atoms. The molecule has 3 unspecified atom stereocenters. The molecule has 0 radical (unpaired) electrons. The quantitative estimate of drug-likeness (QED) is 0.0691. The molecule has 2 aromatic carbocycles. The number of hydrogen-bond donors (Lipinski definition) is 5. The van der Waals surface area contributed by atoms with Gasteiger partial charge in [0.2, 0.25) is 11.6 Å². The largest absolute Gasteiger partial charge is 0.478 e. The summed E-state index contributed by atoms with van der Waals surface area (Å²) in [4.78, 5) is 23.7. The SMILES string of the molecule is C/C(=C\c1cc(F)c(C2CCCC(CC(C)C)C(COc3cc(-c4c(C)cccc4C)nc(N[N+](O)(O)c4cccc(C(=O)O)c4)n3)N2)nc1C)C(C)(C)C.CC(C)C. The number of aromatic nitrogens is 3. The van der Waals surface area contributed by atoms with E-state index in [1.807, 2.05) is 45.0 Å². The van der Waals surface area contributed by atoms with E-state index in [1.165, 1.54) is 18.2 Å². The van der Waals surface area contributed by atoms with Crippen molar-refractivity contribution >= 4 is 23.7 Å². The Kier molecular flexibility index (Phi) is 15.9. The van der Waals surface area contributed by atoms with Gasteiger partial charge in [-0.2, -0.15) is 4.98 Å². The van der Waals surface area contributed by atoms with Gasteiger partial charge in [0.1, 0.15) is 12.4 Å². The average molecular weight is 814 g/mol. The molecule has 3 heterocycles. The number of benzene rings is 2. The number of aryl methyl sites for hydroxylation is 3.